The van der Waals surface area contributed by atoms with Crippen LogP contribution in [0.2, 0.25) is 5.02 Å². The molecule has 1 aliphatic heterocycles. The van der Waals surface area contributed by atoms with Crippen LogP contribution in [0.1, 0.15) is 12.8 Å². The number of allylic oxidation sites excluding steroid dienone is 1. The van der Waals surface area contributed by atoms with E-state index in [1.54, 1.807) is 11.8 Å². The summed E-state index contributed by atoms with van der Waals surface area (Å²) in [5, 5.41) is 4.12. The van der Waals surface area contributed by atoms with E-state index in [1.807, 2.05) is 25.2 Å². The summed E-state index contributed by atoms with van der Waals surface area (Å²) >= 11 is 7.91. The highest BCUT2D eigenvalue weighted by Gasteiger charge is 2.16. The van der Waals surface area contributed by atoms with Gasteiger partial charge in [0.2, 0.25) is 0 Å². The van der Waals surface area contributed by atoms with Gasteiger partial charge in [0.1, 0.15) is 5.76 Å². The molecule has 2 rings (SSSR count). The molecule has 0 aromatic heterocycles. The molecule has 0 radical (unpaired) electrons. The minimum absolute atomic E-state index is 0.256. The lowest BCUT2D eigenvalue weighted by atomic mass is 10.2. The van der Waals surface area contributed by atoms with Gasteiger partial charge < -0.3 is 10.1 Å². The van der Waals surface area contributed by atoms with Crippen LogP contribution in [0.15, 0.2) is 41.0 Å². The molecule has 98 valence electrons. The summed E-state index contributed by atoms with van der Waals surface area (Å²) in [6.07, 6.45) is 4.43. The van der Waals surface area contributed by atoms with Gasteiger partial charge in [-0.3, -0.25) is 0 Å². The molecule has 2 nitrogen and oxygen atoms in total. The van der Waals surface area contributed by atoms with E-state index in [1.165, 1.54) is 0 Å². The molecular formula is C14H18ClNOS. The zero-order valence-corrected chi connectivity index (χ0v) is 12.1. The van der Waals surface area contributed by atoms with E-state index in [4.69, 9.17) is 16.3 Å². The number of ether oxygens (including phenoxy) is 1. The zero-order valence-electron chi connectivity index (χ0n) is 10.5. The first-order valence-corrected chi connectivity index (χ1v) is 7.55. The van der Waals surface area contributed by atoms with Crippen LogP contribution in [0.3, 0.4) is 0 Å². The molecule has 0 saturated heterocycles. The Kier molecular flexibility index (Phi) is 5.42. The predicted octanol–water partition coefficient (Wildman–Crippen LogP) is 3.71. The molecule has 0 amide bonds. The second kappa shape index (κ2) is 7.07. The Bertz CT molecular complexity index is 422. The van der Waals surface area contributed by atoms with Gasteiger partial charge in [0.25, 0.3) is 0 Å². The van der Waals surface area contributed by atoms with Crippen LogP contribution in [0.4, 0.5) is 0 Å². The van der Waals surface area contributed by atoms with Gasteiger partial charge in [0, 0.05) is 10.6 Å². The van der Waals surface area contributed by atoms with E-state index in [-0.39, 0.29) is 6.04 Å². The summed E-state index contributed by atoms with van der Waals surface area (Å²) in [5.41, 5.74) is 0. The second-order valence-corrected chi connectivity index (χ2v) is 5.65. The fourth-order valence-electron chi connectivity index (χ4n) is 1.86. The summed E-state index contributed by atoms with van der Waals surface area (Å²) in [7, 11) is 1.97. The fourth-order valence-corrected chi connectivity index (χ4v) is 3.22. The fraction of sp³-hybridized carbons (Fsp3) is 0.429. The lowest BCUT2D eigenvalue weighted by Gasteiger charge is -2.23. The monoisotopic (exact) mass is 283 g/mol. The average molecular weight is 284 g/mol. The molecule has 0 fully saturated rings. The van der Waals surface area contributed by atoms with Crippen molar-refractivity contribution < 1.29 is 4.74 Å². The molecule has 18 heavy (non-hydrogen) atoms. The maximum atomic E-state index is 6.15. The van der Waals surface area contributed by atoms with Crippen LogP contribution in [-0.4, -0.2) is 25.4 Å². The van der Waals surface area contributed by atoms with Crippen LogP contribution in [0.25, 0.3) is 0 Å². The molecular weight excluding hydrogens is 266 g/mol. The number of likely N-dealkylation sites (N-methyl/N-ethyl adjacent to an activating group) is 1. The molecule has 0 aliphatic carbocycles. The normalized spacial score (nSPS) is 16.9. The van der Waals surface area contributed by atoms with Crippen LogP contribution in [0.5, 0.6) is 0 Å². The van der Waals surface area contributed by atoms with E-state index in [2.05, 4.69) is 17.5 Å². The average Bonchev–Trinajstić information content (AvgIpc) is 2.42. The van der Waals surface area contributed by atoms with Crippen LogP contribution < -0.4 is 5.32 Å². The van der Waals surface area contributed by atoms with Gasteiger partial charge in [-0.05, 0) is 38.1 Å². The SMILES string of the molecule is CNC(CSc1ccccc1Cl)C1=CCCCO1. The van der Waals surface area contributed by atoms with Crippen molar-refractivity contribution in [1.29, 1.82) is 0 Å². The van der Waals surface area contributed by atoms with E-state index in [0.717, 1.165) is 40.9 Å². The second-order valence-electron chi connectivity index (χ2n) is 4.18. The van der Waals surface area contributed by atoms with E-state index >= 15 is 0 Å². The minimum Gasteiger partial charge on any atom is -0.497 e. The summed E-state index contributed by atoms with van der Waals surface area (Å²) in [5.74, 6) is 2.00. The van der Waals surface area contributed by atoms with Gasteiger partial charge in [0.05, 0.1) is 17.7 Å². The first-order valence-electron chi connectivity index (χ1n) is 6.18. The van der Waals surface area contributed by atoms with Gasteiger partial charge in [0.15, 0.2) is 0 Å². The standard InChI is InChI=1S/C14H18ClNOS/c1-16-12(13-7-4-5-9-17-13)10-18-14-8-3-2-6-11(14)15/h2-3,6-8,12,16H,4-5,9-10H2,1H3. The Hall–Kier alpha value is -0.640. The van der Waals surface area contributed by atoms with Crippen LogP contribution >= 0.6 is 23.4 Å². The summed E-state index contributed by atoms with van der Waals surface area (Å²) < 4.78 is 5.70. The van der Waals surface area contributed by atoms with Gasteiger partial charge >= 0.3 is 0 Å². The first-order chi connectivity index (χ1) is 8.81. The highest BCUT2D eigenvalue weighted by Crippen LogP contribution is 2.28. The smallest absolute Gasteiger partial charge is 0.110 e. The molecule has 1 aliphatic rings. The Balaban J connectivity index is 1.95. The first kappa shape index (κ1) is 13.8. The summed E-state index contributed by atoms with van der Waals surface area (Å²) in [4.78, 5) is 1.12. The minimum atomic E-state index is 0.256. The molecule has 0 spiro atoms. The predicted molar refractivity (Wildman–Crippen MR) is 78.3 cm³/mol. The largest absolute Gasteiger partial charge is 0.497 e. The lowest BCUT2D eigenvalue weighted by molar-refractivity contribution is 0.173. The quantitative estimate of drug-likeness (QED) is 0.833. The van der Waals surface area contributed by atoms with Crippen LogP contribution in [0, 0.1) is 0 Å². The number of halogens is 1. The summed E-state index contributed by atoms with van der Waals surface area (Å²) in [6, 6.07) is 8.20. The van der Waals surface area contributed by atoms with Crippen molar-refractivity contribution in [1.82, 2.24) is 5.32 Å². The maximum Gasteiger partial charge on any atom is 0.110 e. The van der Waals surface area contributed by atoms with Gasteiger partial charge in [-0.25, -0.2) is 0 Å². The van der Waals surface area contributed by atoms with Crippen molar-refractivity contribution in [3.05, 3.63) is 41.1 Å². The van der Waals surface area contributed by atoms with Crippen LogP contribution in [-0.2, 0) is 4.74 Å². The number of nitrogens with one attached hydrogen (secondary N) is 1. The Morgan fingerprint density at radius 1 is 1.44 bits per heavy atom. The topological polar surface area (TPSA) is 21.3 Å². The molecule has 1 aromatic carbocycles. The van der Waals surface area contributed by atoms with Crippen molar-refractivity contribution in [2.75, 3.05) is 19.4 Å². The van der Waals surface area contributed by atoms with Crippen molar-refractivity contribution in [3.8, 4) is 0 Å². The third-order valence-corrected chi connectivity index (χ3v) is 4.51. The number of thioether (sulfide) groups is 1. The molecule has 1 heterocycles. The highest BCUT2D eigenvalue weighted by molar-refractivity contribution is 7.99. The molecule has 1 N–H and O–H groups in total. The van der Waals surface area contributed by atoms with Gasteiger partial charge in [-0.1, -0.05) is 23.7 Å². The number of hydrogen-bond donors (Lipinski definition) is 1. The number of benzene rings is 1. The molecule has 0 bridgehead atoms. The number of rotatable bonds is 5. The van der Waals surface area contributed by atoms with Gasteiger partial charge in [-0.2, -0.15) is 0 Å². The Labute approximate surface area is 118 Å². The summed E-state index contributed by atoms with van der Waals surface area (Å²) in [6.45, 7) is 0.834. The van der Waals surface area contributed by atoms with Crippen molar-refractivity contribution in [2.45, 2.75) is 23.8 Å². The molecule has 0 saturated carbocycles. The van der Waals surface area contributed by atoms with E-state index in [9.17, 15) is 0 Å². The van der Waals surface area contributed by atoms with E-state index in [0.29, 0.717) is 0 Å². The molecule has 1 aromatic rings. The third-order valence-electron chi connectivity index (χ3n) is 2.90. The maximum absolute atomic E-state index is 6.15. The molecule has 4 heteroatoms. The van der Waals surface area contributed by atoms with E-state index < -0.39 is 0 Å². The Morgan fingerprint density at radius 2 is 2.28 bits per heavy atom. The highest BCUT2D eigenvalue weighted by atomic mass is 35.5. The third kappa shape index (κ3) is 3.67. The molecule has 1 atom stereocenters. The lowest BCUT2D eigenvalue weighted by Crippen LogP contribution is -2.32. The van der Waals surface area contributed by atoms with Gasteiger partial charge in [-0.15, -0.1) is 11.8 Å². The van der Waals surface area contributed by atoms with Crippen molar-refractivity contribution in [2.24, 2.45) is 0 Å². The van der Waals surface area contributed by atoms with Crippen molar-refractivity contribution in [3.63, 3.8) is 0 Å². The Morgan fingerprint density at radius 3 is 2.94 bits per heavy atom. The zero-order chi connectivity index (χ0) is 12.8. The number of hydrogen-bond acceptors (Lipinski definition) is 3. The van der Waals surface area contributed by atoms with Crippen molar-refractivity contribution >= 4 is 23.4 Å². The molecule has 1 unspecified atom stereocenters.